The molecule has 0 saturated heterocycles. The van der Waals surface area contributed by atoms with Gasteiger partial charge in [0.15, 0.2) is 9.84 Å². The van der Waals surface area contributed by atoms with E-state index in [1.807, 2.05) is 31.2 Å². The lowest BCUT2D eigenvalue weighted by molar-refractivity contribution is -0.116. The normalized spacial score (nSPS) is 20.9. The fourth-order valence-corrected chi connectivity index (χ4v) is 3.40. The molecule has 1 amide bonds. The number of nitrogens with zero attached hydrogens (tertiary/aromatic N) is 1. The van der Waals surface area contributed by atoms with Gasteiger partial charge in [0.25, 0.3) is 0 Å². The van der Waals surface area contributed by atoms with Gasteiger partial charge in [-0.05, 0) is 24.6 Å². The minimum Gasteiger partial charge on any atom is -0.304 e. The molecule has 1 heterocycles. The van der Waals surface area contributed by atoms with Crippen molar-refractivity contribution in [2.24, 2.45) is 0 Å². The van der Waals surface area contributed by atoms with Crippen molar-refractivity contribution in [3.63, 3.8) is 0 Å². The molecule has 96 valence electrons. The van der Waals surface area contributed by atoms with Crippen LogP contribution in [-0.2, 0) is 14.6 Å². The molecule has 2 rings (SSSR count). The first-order valence-corrected chi connectivity index (χ1v) is 7.38. The average molecular weight is 265 g/mol. The number of hydrogen-bond acceptors (Lipinski definition) is 3. The van der Waals surface area contributed by atoms with Crippen molar-refractivity contribution in [1.82, 2.24) is 0 Å². The molecule has 5 heteroatoms. The van der Waals surface area contributed by atoms with Gasteiger partial charge in [0, 0.05) is 18.0 Å². The van der Waals surface area contributed by atoms with E-state index in [9.17, 15) is 13.2 Å². The Balaban J connectivity index is 2.40. The summed E-state index contributed by atoms with van der Waals surface area (Å²) in [4.78, 5) is 13.3. The van der Waals surface area contributed by atoms with Crippen LogP contribution in [0.25, 0.3) is 0 Å². The van der Waals surface area contributed by atoms with E-state index >= 15 is 0 Å². The zero-order chi connectivity index (χ0) is 13.3. The molecule has 1 aromatic carbocycles. The second-order valence-corrected chi connectivity index (χ2v) is 6.33. The molecular formula is C13H15NO3S. The molecule has 1 aliphatic rings. The third-order valence-corrected chi connectivity index (χ3v) is 4.33. The summed E-state index contributed by atoms with van der Waals surface area (Å²) in [5.74, 6) is -0.197. The highest BCUT2D eigenvalue weighted by molar-refractivity contribution is 7.94. The summed E-state index contributed by atoms with van der Waals surface area (Å²) in [6, 6.07) is 7.05. The minimum atomic E-state index is -3.17. The van der Waals surface area contributed by atoms with E-state index in [1.54, 1.807) is 6.08 Å². The van der Waals surface area contributed by atoms with Crippen molar-refractivity contribution in [2.75, 3.05) is 10.7 Å². The number of benzene rings is 1. The molecule has 4 nitrogen and oxygen atoms in total. The van der Waals surface area contributed by atoms with Crippen LogP contribution >= 0.6 is 0 Å². The van der Waals surface area contributed by atoms with E-state index in [2.05, 4.69) is 0 Å². The Morgan fingerprint density at radius 1 is 1.33 bits per heavy atom. The van der Waals surface area contributed by atoms with E-state index < -0.39 is 15.9 Å². The molecule has 0 aromatic heterocycles. The smallest absolute Gasteiger partial charge is 0.224 e. The highest BCUT2D eigenvalue weighted by Crippen LogP contribution is 2.25. The lowest BCUT2D eigenvalue weighted by Gasteiger charge is -2.27. The van der Waals surface area contributed by atoms with E-state index in [0.717, 1.165) is 11.3 Å². The second kappa shape index (κ2) is 4.57. The van der Waals surface area contributed by atoms with Crippen LogP contribution in [0, 0.1) is 6.92 Å². The largest absolute Gasteiger partial charge is 0.304 e. The SMILES string of the molecule is CC(=O)N(c1ccccc1C)C1C=CS(=O)(=O)C1. The van der Waals surface area contributed by atoms with Crippen LogP contribution in [0.3, 0.4) is 0 Å². The molecule has 0 N–H and O–H groups in total. The van der Waals surface area contributed by atoms with Crippen LogP contribution in [0.2, 0.25) is 0 Å². The average Bonchev–Trinajstić information content (AvgIpc) is 2.61. The number of hydrogen-bond donors (Lipinski definition) is 0. The second-order valence-electron chi connectivity index (χ2n) is 4.40. The summed E-state index contributed by atoms with van der Waals surface area (Å²) in [6.07, 6.45) is 1.57. The first kappa shape index (κ1) is 12.8. The topological polar surface area (TPSA) is 54.5 Å². The Morgan fingerprint density at radius 2 is 2.00 bits per heavy atom. The molecule has 1 aromatic rings. The monoisotopic (exact) mass is 265 g/mol. The highest BCUT2D eigenvalue weighted by Gasteiger charge is 2.30. The molecule has 0 bridgehead atoms. The molecule has 18 heavy (non-hydrogen) atoms. The summed E-state index contributed by atoms with van der Waals surface area (Å²) >= 11 is 0. The number of rotatable bonds is 2. The van der Waals surface area contributed by atoms with Gasteiger partial charge in [-0.3, -0.25) is 4.79 Å². The number of anilines is 1. The predicted molar refractivity (Wildman–Crippen MR) is 71.1 cm³/mol. The van der Waals surface area contributed by atoms with Gasteiger partial charge in [0.05, 0.1) is 11.8 Å². The van der Waals surface area contributed by atoms with Crippen LogP contribution in [0.1, 0.15) is 12.5 Å². The highest BCUT2D eigenvalue weighted by atomic mass is 32.2. The molecule has 0 fully saturated rings. The molecule has 0 radical (unpaired) electrons. The third-order valence-electron chi connectivity index (χ3n) is 2.96. The lowest BCUT2D eigenvalue weighted by atomic mass is 10.1. The van der Waals surface area contributed by atoms with Crippen molar-refractivity contribution >= 4 is 21.4 Å². The molecule has 1 atom stereocenters. The zero-order valence-electron chi connectivity index (χ0n) is 10.3. The third kappa shape index (κ3) is 2.46. The Morgan fingerprint density at radius 3 is 2.50 bits per heavy atom. The van der Waals surface area contributed by atoms with Gasteiger partial charge in [0.2, 0.25) is 5.91 Å². The number of carbonyl (C=O) groups excluding carboxylic acids is 1. The van der Waals surface area contributed by atoms with E-state index in [1.165, 1.54) is 17.2 Å². The standard InChI is InChI=1S/C13H15NO3S/c1-10-5-3-4-6-13(10)14(11(2)15)12-7-8-18(16,17)9-12/h3-8,12H,9H2,1-2H3. The van der Waals surface area contributed by atoms with Gasteiger partial charge in [0.1, 0.15) is 0 Å². The molecule has 1 aliphatic heterocycles. The molecule has 1 unspecified atom stereocenters. The summed E-state index contributed by atoms with van der Waals surface area (Å²) in [7, 11) is -3.17. The fourth-order valence-electron chi connectivity index (χ4n) is 2.14. The van der Waals surface area contributed by atoms with Crippen LogP contribution in [-0.4, -0.2) is 26.1 Å². The van der Waals surface area contributed by atoms with Crippen LogP contribution in [0.15, 0.2) is 35.7 Å². The van der Waals surface area contributed by atoms with Gasteiger partial charge in [-0.25, -0.2) is 8.42 Å². The van der Waals surface area contributed by atoms with E-state index in [0.29, 0.717) is 0 Å². The maximum absolute atomic E-state index is 11.8. The number of aryl methyl sites for hydroxylation is 1. The maximum atomic E-state index is 11.8. The van der Waals surface area contributed by atoms with Gasteiger partial charge >= 0.3 is 0 Å². The quantitative estimate of drug-likeness (QED) is 0.817. The first-order valence-electron chi connectivity index (χ1n) is 5.67. The Labute approximate surface area is 107 Å². The number of amides is 1. The van der Waals surface area contributed by atoms with Crippen molar-refractivity contribution in [2.45, 2.75) is 19.9 Å². The summed E-state index contributed by atoms with van der Waals surface area (Å²) in [5.41, 5.74) is 1.71. The van der Waals surface area contributed by atoms with Crippen LogP contribution in [0.4, 0.5) is 5.69 Å². The van der Waals surface area contributed by atoms with Crippen molar-refractivity contribution < 1.29 is 13.2 Å². The van der Waals surface area contributed by atoms with Crippen molar-refractivity contribution in [1.29, 1.82) is 0 Å². The Bertz CT molecular complexity index is 604. The molecule has 0 saturated carbocycles. The van der Waals surface area contributed by atoms with Gasteiger partial charge < -0.3 is 4.90 Å². The zero-order valence-corrected chi connectivity index (χ0v) is 11.1. The minimum absolute atomic E-state index is 0.0408. The van der Waals surface area contributed by atoms with E-state index in [-0.39, 0.29) is 11.7 Å². The van der Waals surface area contributed by atoms with Gasteiger partial charge in [-0.15, -0.1) is 0 Å². The first-order chi connectivity index (χ1) is 8.41. The number of sulfone groups is 1. The number of para-hydroxylation sites is 1. The predicted octanol–water partition coefficient (Wildman–Crippen LogP) is 1.66. The van der Waals surface area contributed by atoms with E-state index in [4.69, 9.17) is 0 Å². The summed E-state index contributed by atoms with van der Waals surface area (Å²) in [5, 5.41) is 1.19. The van der Waals surface area contributed by atoms with Crippen LogP contribution in [0.5, 0.6) is 0 Å². The van der Waals surface area contributed by atoms with Gasteiger partial charge in [-0.2, -0.15) is 0 Å². The van der Waals surface area contributed by atoms with Crippen molar-refractivity contribution in [3.8, 4) is 0 Å². The lowest BCUT2D eigenvalue weighted by Crippen LogP contribution is -2.40. The number of carbonyl (C=O) groups is 1. The Kier molecular flexibility index (Phi) is 3.26. The molecule has 0 spiro atoms. The van der Waals surface area contributed by atoms with Crippen molar-refractivity contribution in [3.05, 3.63) is 41.3 Å². The van der Waals surface area contributed by atoms with Crippen LogP contribution < -0.4 is 4.90 Å². The molecule has 0 aliphatic carbocycles. The Hall–Kier alpha value is -1.62. The summed E-state index contributed by atoms with van der Waals surface area (Å²) < 4.78 is 22.9. The fraction of sp³-hybridized carbons (Fsp3) is 0.308. The summed E-state index contributed by atoms with van der Waals surface area (Å²) in [6.45, 7) is 3.35. The molecular weight excluding hydrogens is 250 g/mol. The maximum Gasteiger partial charge on any atom is 0.224 e. The van der Waals surface area contributed by atoms with Gasteiger partial charge in [-0.1, -0.05) is 18.2 Å².